The van der Waals surface area contributed by atoms with Gasteiger partial charge in [0.15, 0.2) is 0 Å². The summed E-state index contributed by atoms with van der Waals surface area (Å²) in [5.41, 5.74) is 5.80. The molecule has 114 valence electrons. The lowest BCUT2D eigenvalue weighted by atomic mass is 9.87. The van der Waals surface area contributed by atoms with Crippen LogP contribution in [0.3, 0.4) is 0 Å². The van der Waals surface area contributed by atoms with E-state index in [0.717, 1.165) is 17.7 Å². The minimum absolute atomic E-state index is 0.0540. The summed E-state index contributed by atoms with van der Waals surface area (Å²) in [5, 5.41) is 3.13. The van der Waals surface area contributed by atoms with E-state index in [1.165, 1.54) is 24.6 Å². The lowest BCUT2D eigenvalue weighted by Gasteiger charge is -2.27. The first-order chi connectivity index (χ1) is 10.1. The molecule has 5 heteroatoms. The fraction of sp³-hybridized carbons (Fsp3) is 0.500. The van der Waals surface area contributed by atoms with Gasteiger partial charge in [-0.2, -0.15) is 0 Å². The maximum Gasteiger partial charge on any atom is 0.252 e. The molecule has 1 aliphatic rings. The van der Waals surface area contributed by atoms with Crippen LogP contribution in [-0.4, -0.2) is 23.6 Å². The number of carbonyl (C=O) groups excluding carboxylic acids is 2. The van der Waals surface area contributed by atoms with E-state index < -0.39 is 0 Å². The van der Waals surface area contributed by atoms with Gasteiger partial charge in [-0.1, -0.05) is 31.9 Å². The van der Waals surface area contributed by atoms with E-state index in [9.17, 15) is 9.59 Å². The van der Waals surface area contributed by atoms with Crippen LogP contribution in [0.15, 0.2) is 29.2 Å². The van der Waals surface area contributed by atoms with Crippen LogP contribution in [0.25, 0.3) is 0 Å². The van der Waals surface area contributed by atoms with Crippen molar-refractivity contribution in [2.75, 3.05) is 5.75 Å². The van der Waals surface area contributed by atoms with Crippen LogP contribution in [0.1, 0.15) is 43.0 Å². The van der Waals surface area contributed by atoms with E-state index in [2.05, 4.69) is 12.2 Å². The number of rotatable bonds is 5. The largest absolute Gasteiger partial charge is 0.369 e. The smallest absolute Gasteiger partial charge is 0.252 e. The van der Waals surface area contributed by atoms with Crippen LogP contribution in [0.4, 0.5) is 0 Å². The molecule has 21 heavy (non-hydrogen) atoms. The normalized spacial score (nSPS) is 21.8. The zero-order valence-corrected chi connectivity index (χ0v) is 13.1. The molecule has 0 spiro atoms. The van der Waals surface area contributed by atoms with Crippen molar-refractivity contribution in [3.8, 4) is 0 Å². The van der Waals surface area contributed by atoms with Crippen molar-refractivity contribution in [3.05, 3.63) is 29.8 Å². The first-order valence-corrected chi connectivity index (χ1v) is 8.36. The Kier molecular flexibility index (Phi) is 5.67. The fourth-order valence-corrected chi connectivity index (χ4v) is 3.55. The number of nitrogens with two attached hydrogens (primary N) is 1. The predicted molar refractivity (Wildman–Crippen MR) is 85.2 cm³/mol. The molecule has 0 saturated heterocycles. The summed E-state index contributed by atoms with van der Waals surface area (Å²) in [7, 11) is 0. The summed E-state index contributed by atoms with van der Waals surface area (Å²) < 4.78 is 0. The van der Waals surface area contributed by atoms with Gasteiger partial charge in [0, 0.05) is 10.9 Å². The van der Waals surface area contributed by atoms with Crippen molar-refractivity contribution in [2.45, 2.75) is 43.5 Å². The predicted octanol–water partition coefficient (Wildman–Crippen LogP) is 2.57. The van der Waals surface area contributed by atoms with Gasteiger partial charge in [-0.3, -0.25) is 9.59 Å². The number of carbonyl (C=O) groups is 2. The molecule has 0 aliphatic heterocycles. The third kappa shape index (κ3) is 4.77. The molecule has 0 heterocycles. The maximum absolute atomic E-state index is 12.4. The summed E-state index contributed by atoms with van der Waals surface area (Å²) in [6.07, 6.45) is 4.51. The van der Waals surface area contributed by atoms with Crippen molar-refractivity contribution in [1.82, 2.24) is 5.32 Å². The van der Waals surface area contributed by atoms with Crippen molar-refractivity contribution in [1.29, 1.82) is 0 Å². The number of hydrogen-bond acceptors (Lipinski definition) is 3. The summed E-state index contributed by atoms with van der Waals surface area (Å²) in [5.74, 6) is 0.423. The van der Waals surface area contributed by atoms with Gasteiger partial charge in [-0.25, -0.2) is 0 Å². The van der Waals surface area contributed by atoms with Crippen LogP contribution >= 0.6 is 11.8 Å². The lowest BCUT2D eigenvalue weighted by Crippen LogP contribution is -2.38. The average Bonchev–Trinajstić information content (AvgIpc) is 2.45. The molecule has 4 nitrogen and oxygen atoms in total. The fourth-order valence-electron chi connectivity index (χ4n) is 2.76. The highest BCUT2D eigenvalue weighted by atomic mass is 32.2. The Morgan fingerprint density at radius 2 is 2.10 bits per heavy atom. The van der Waals surface area contributed by atoms with Crippen molar-refractivity contribution >= 4 is 23.6 Å². The van der Waals surface area contributed by atoms with Gasteiger partial charge in [0.1, 0.15) is 0 Å². The maximum atomic E-state index is 12.4. The van der Waals surface area contributed by atoms with E-state index in [0.29, 0.717) is 11.5 Å². The molecular formula is C16H22N2O2S. The van der Waals surface area contributed by atoms with Crippen LogP contribution in [0.2, 0.25) is 0 Å². The molecule has 2 unspecified atom stereocenters. The Morgan fingerprint density at radius 1 is 1.33 bits per heavy atom. The molecule has 1 aliphatic carbocycles. The van der Waals surface area contributed by atoms with Crippen LogP contribution < -0.4 is 11.1 Å². The van der Waals surface area contributed by atoms with Crippen LogP contribution in [-0.2, 0) is 4.79 Å². The highest BCUT2D eigenvalue weighted by Gasteiger charge is 2.22. The number of amides is 2. The first kappa shape index (κ1) is 15.9. The highest BCUT2D eigenvalue weighted by Crippen LogP contribution is 2.25. The molecule has 1 fully saturated rings. The number of thioether (sulfide) groups is 1. The molecule has 3 N–H and O–H groups in total. The number of primary amides is 1. The van der Waals surface area contributed by atoms with Gasteiger partial charge in [0.05, 0.1) is 11.3 Å². The molecule has 1 aromatic carbocycles. The zero-order chi connectivity index (χ0) is 15.2. The highest BCUT2D eigenvalue weighted by molar-refractivity contribution is 8.00. The van der Waals surface area contributed by atoms with Gasteiger partial charge in [-0.15, -0.1) is 11.8 Å². The van der Waals surface area contributed by atoms with E-state index >= 15 is 0 Å². The monoisotopic (exact) mass is 306 g/mol. The summed E-state index contributed by atoms with van der Waals surface area (Å²) in [6.45, 7) is 2.23. The average molecular weight is 306 g/mol. The zero-order valence-electron chi connectivity index (χ0n) is 12.3. The van der Waals surface area contributed by atoms with Crippen molar-refractivity contribution < 1.29 is 9.59 Å². The Balaban J connectivity index is 2.02. The molecule has 1 aromatic rings. The number of hydrogen-bond donors (Lipinski definition) is 2. The van der Waals surface area contributed by atoms with E-state index in [1.54, 1.807) is 6.07 Å². The summed E-state index contributed by atoms with van der Waals surface area (Å²) >= 11 is 1.31. The van der Waals surface area contributed by atoms with E-state index in [-0.39, 0.29) is 23.6 Å². The molecule has 0 radical (unpaired) electrons. The van der Waals surface area contributed by atoms with Crippen molar-refractivity contribution in [3.63, 3.8) is 0 Å². The quantitative estimate of drug-likeness (QED) is 0.821. The second-order valence-electron chi connectivity index (χ2n) is 5.69. The van der Waals surface area contributed by atoms with E-state index in [1.807, 2.05) is 18.2 Å². The minimum Gasteiger partial charge on any atom is -0.369 e. The second kappa shape index (κ2) is 7.50. The summed E-state index contributed by atoms with van der Waals surface area (Å²) in [4.78, 5) is 24.2. The Hall–Kier alpha value is -1.49. The molecule has 2 atom stereocenters. The Morgan fingerprint density at radius 3 is 2.81 bits per heavy atom. The number of nitrogens with one attached hydrogen (secondary N) is 1. The standard InChI is InChI=1S/C16H22N2O2S/c1-11-5-4-6-12(9-11)18-16(20)13-7-2-3-8-14(13)21-10-15(17)19/h2-3,7-8,11-12H,4-6,9-10H2,1H3,(H2,17,19)(H,18,20). The van der Waals surface area contributed by atoms with Gasteiger partial charge in [-0.05, 0) is 30.9 Å². The lowest BCUT2D eigenvalue weighted by molar-refractivity contribution is -0.115. The van der Waals surface area contributed by atoms with Crippen LogP contribution in [0.5, 0.6) is 0 Å². The topological polar surface area (TPSA) is 72.2 Å². The molecule has 1 saturated carbocycles. The first-order valence-electron chi connectivity index (χ1n) is 7.37. The molecule has 2 rings (SSSR count). The second-order valence-corrected chi connectivity index (χ2v) is 6.71. The van der Waals surface area contributed by atoms with Crippen LogP contribution in [0, 0.1) is 5.92 Å². The van der Waals surface area contributed by atoms with Gasteiger partial charge in [0.2, 0.25) is 5.91 Å². The Bertz CT molecular complexity index is 519. The van der Waals surface area contributed by atoms with Gasteiger partial charge in [0.25, 0.3) is 5.91 Å². The number of benzene rings is 1. The SMILES string of the molecule is CC1CCCC(NC(=O)c2ccccc2SCC(N)=O)C1. The minimum atomic E-state index is -0.378. The third-order valence-electron chi connectivity index (χ3n) is 3.77. The molecule has 0 aromatic heterocycles. The molecule has 2 amide bonds. The summed E-state index contributed by atoms with van der Waals surface area (Å²) in [6, 6.07) is 7.61. The van der Waals surface area contributed by atoms with Gasteiger partial charge < -0.3 is 11.1 Å². The third-order valence-corrected chi connectivity index (χ3v) is 4.87. The molecule has 0 bridgehead atoms. The molecular weight excluding hydrogens is 284 g/mol. The van der Waals surface area contributed by atoms with E-state index in [4.69, 9.17) is 5.73 Å². The Labute approximate surface area is 129 Å². The van der Waals surface area contributed by atoms with Gasteiger partial charge >= 0.3 is 0 Å². The van der Waals surface area contributed by atoms with Crippen molar-refractivity contribution in [2.24, 2.45) is 11.7 Å².